The second kappa shape index (κ2) is 14.3. The van der Waals surface area contributed by atoms with Crippen LogP contribution in [0.1, 0.15) is 39.7 Å². The molecule has 9 nitrogen and oxygen atoms in total. The maximum Gasteiger partial charge on any atom is 0.319 e. The van der Waals surface area contributed by atoms with Crippen molar-refractivity contribution < 1.29 is 27.8 Å². The van der Waals surface area contributed by atoms with Crippen LogP contribution in [0, 0.1) is 0 Å². The van der Waals surface area contributed by atoms with Crippen LogP contribution in [0.25, 0.3) is 22.3 Å². The first-order valence-electron chi connectivity index (χ1n) is 13.2. The number of ether oxygens (including phenoxy) is 3. The third kappa shape index (κ3) is 7.54. The lowest BCUT2D eigenvalue weighted by Crippen LogP contribution is -2.29. The van der Waals surface area contributed by atoms with E-state index in [0.717, 1.165) is 17.3 Å². The molecule has 1 saturated heterocycles. The number of hydrogen-bond acceptors (Lipinski definition) is 9. The van der Waals surface area contributed by atoms with E-state index in [9.17, 15) is 13.6 Å². The van der Waals surface area contributed by atoms with E-state index in [1.54, 1.807) is 37.1 Å². The number of likely N-dealkylation sites (tertiary alicyclic amines) is 1. The molecule has 1 atom stereocenters. The Balaban J connectivity index is 0.00000216. The molecule has 1 aliphatic heterocycles. The topological polar surface area (TPSA) is 116 Å². The maximum atomic E-state index is 13.5. The van der Waals surface area contributed by atoms with Crippen molar-refractivity contribution in [3.8, 4) is 22.8 Å². The Bertz CT molecular complexity index is 1310. The Hall–Kier alpha value is -2.67. The minimum absolute atomic E-state index is 0.152. The molecular weight excluding hydrogens is 564 g/mol. The zero-order valence-corrected chi connectivity index (χ0v) is 24.9. The predicted molar refractivity (Wildman–Crippen MR) is 154 cm³/mol. The standard InChI is InChI=1S/C25H30ClF2N5O4S.C2H6/c1-4-36-23(34)14(2)38-24-31-21(20-15(11-29)12-30-22(20)32-24)16-9-19(18(35-3)10-17(16)26)37-8-7-33-6-5-25(27,28)13-33;1-2/h9-10,12,14H,4-8,11,13,29H2,1-3H3,(H,30,31,32);1-2H3. The molecule has 0 radical (unpaired) electrons. The molecular formula is C27H36ClF2N5O4S. The number of H-pyrrole nitrogens is 1. The quantitative estimate of drug-likeness (QED) is 0.167. The van der Waals surface area contributed by atoms with E-state index in [4.69, 9.17) is 36.5 Å². The molecule has 3 heterocycles. The summed E-state index contributed by atoms with van der Waals surface area (Å²) in [6, 6.07) is 3.32. The fourth-order valence-electron chi connectivity index (χ4n) is 4.22. The minimum atomic E-state index is -2.67. The highest BCUT2D eigenvalue weighted by molar-refractivity contribution is 8.00. The van der Waals surface area contributed by atoms with Gasteiger partial charge in [0.1, 0.15) is 17.5 Å². The molecule has 220 valence electrons. The zero-order valence-electron chi connectivity index (χ0n) is 23.4. The molecule has 0 spiro atoms. The normalized spacial score (nSPS) is 15.4. The number of aromatic amines is 1. The summed E-state index contributed by atoms with van der Waals surface area (Å²) >= 11 is 7.85. The van der Waals surface area contributed by atoms with E-state index in [-0.39, 0.29) is 38.7 Å². The monoisotopic (exact) mass is 599 g/mol. The smallest absolute Gasteiger partial charge is 0.319 e. The van der Waals surface area contributed by atoms with Gasteiger partial charge in [-0.25, -0.2) is 18.7 Å². The summed E-state index contributed by atoms with van der Waals surface area (Å²) in [5.74, 6) is -2.25. The number of fused-ring (bicyclic) bond motifs is 1. The number of nitrogens with one attached hydrogen (secondary N) is 1. The molecule has 1 unspecified atom stereocenters. The van der Waals surface area contributed by atoms with Gasteiger partial charge in [-0.3, -0.25) is 9.69 Å². The summed E-state index contributed by atoms with van der Waals surface area (Å²) in [4.78, 5) is 26.3. The molecule has 13 heteroatoms. The van der Waals surface area contributed by atoms with Gasteiger partial charge in [-0.05, 0) is 25.5 Å². The van der Waals surface area contributed by atoms with Gasteiger partial charge in [0.25, 0.3) is 5.92 Å². The molecule has 1 aromatic carbocycles. The lowest BCUT2D eigenvalue weighted by molar-refractivity contribution is -0.142. The Morgan fingerprint density at radius 1 is 1.30 bits per heavy atom. The van der Waals surface area contributed by atoms with Crippen molar-refractivity contribution in [1.29, 1.82) is 0 Å². The van der Waals surface area contributed by atoms with E-state index < -0.39 is 11.2 Å². The maximum absolute atomic E-state index is 13.5. The Kier molecular flexibility index (Phi) is 11.4. The van der Waals surface area contributed by atoms with Gasteiger partial charge in [0.05, 0.1) is 31.0 Å². The van der Waals surface area contributed by atoms with Crippen LogP contribution < -0.4 is 15.2 Å². The van der Waals surface area contributed by atoms with Crippen LogP contribution in [-0.2, 0) is 16.1 Å². The zero-order chi connectivity index (χ0) is 29.4. The molecule has 0 amide bonds. The lowest BCUT2D eigenvalue weighted by Gasteiger charge is -2.18. The third-order valence-electron chi connectivity index (χ3n) is 6.14. The van der Waals surface area contributed by atoms with Gasteiger partial charge in [-0.2, -0.15) is 0 Å². The number of alkyl halides is 2. The van der Waals surface area contributed by atoms with Gasteiger partial charge in [0.2, 0.25) is 0 Å². The number of methoxy groups -OCH3 is 1. The number of nitrogens with zero attached hydrogens (tertiary/aromatic N) is 3. The van der Waals surface area contributed by atoms with Gasteiger partial charge >= 0.3 is 5.97 Å². The summed E-state index contributed by atoms with van der Waals surface area (Å²) in [5, 5.41) is 0.861. The molecule has 4 rings (SSSR count). The second-order valence-corrected chi connectivity index (χ2v) is 10.5. The average molecular weight is 600 g/mol. The Labute approximate surface area is 242 Å². The number of thioether (sulfide) groups is 1. The van der Waals surface area contributed by atoms with Gasteiger partial charge in [-0.15, -0.1) is 0 Å². The van der Waals surface area contributed by atoms with E-state index in [1.807, 2.05) is 13.8 Å². The molecule has 0 saturated carbocycles. The third-order valence-corrected chi connectivity index (χ3v) is 7.39. The van der Waals surface area contributed by atoms with Crippen molar-refractivity contribution in [1.82, 2.24) is 19.9 Å². The van der Waals surface area contributed by atoms with E-state index in [0.29, 0.717) is 57.1 Å². The second-order valence-electron chi connectivity index (χ2n) is 8.82. The van der Waals surface area contributed by atoms with Crippen LogP contribution in [0.3, 0.4) is 0 Å². The molecule has 0 bridgehead atoms. The van der Waals surface area contributed by atoms with Gasteiger partial charge in [0.15, 0.2) is 16.7 Å². The van der Waals surface area contributed by atoms with Gasteiger partial charge in [-0.1, -0.05) is 37.2 Å². The SMILES string of the molecule is CC.CCOC(=O)C(C)Sc1nc(-c2cc(OCCN3CCC(F)(F)C3)c(OC)cc2Cl)c2c(CN)c[nH]c2n1. The first-order chi connectivity index (χ1) is 19.2. The Morgan fingerprint density at radius 3 is 2.67 bits per heavy atom. The average Bonchev–Trinajstić information content (AvgIpc) is 3.51. The number of rotatable bonds is 11. The van der Waals surface area contributed by atoms with Crippen LogP contribution in [0.4, 0.5) is 8.78 Å². The number of halogens is 3. The van der Waals surface area contributed by atoms with Crippen LogP contribution in [0.5, 0.6) is 11.5 Å². The van der Waals surface area contributed by atoms with Crippen molar-refractivity contribution in [2.45, 2.75) is 57.0 Å². The summed E-state index contributed by atoms with van der Waals surface area (Å²) in [7, 11) is 1.49. The first-order valence-corrected chi connectivity index (χ1v) is 14.4. The van der Waals surface area contributed by atoms with Crippen molar-refractivity contribution in [2.75, 3.05) is 40.0 Å². The highest BCUT2D eigenvalue weighted by Gasteiger charge is 2.37. The minimum Gasteiger partial charge on any atom is -0.493 e. The molecule has 0 aliphatic carbocycles. The summed E-state index contributed by atoms with van der Waals surface area (Å²) in [5.41, 5.74) is 8.36. The van der Waals surface area contributed by atoms with Crippen molar-refractivity contribution in [3.63, 3.8) is 0 Å². The number of nitrogens with two attached hydrogens (primary N) is 1. The lowest BCUT2D eigenvalue weighted by atomic mass is 10.1. The van der Waals surface area contributed by atoms with Crippen LogP contribution >= 0.6 is 23.4 Å². The number of aromatic nitrogens is 3. The highest BCUT2D eigenvalue weighted by atomic mass is 35.5. The molecule has 3 aromatic rings. The molecule has 40 heavy (non-hydrogen) atoms. The summed E-state index contributed by atoms with van der Waals surface area (Å²) in [6.45, 7) is 8.54. The van der Waals surface area contributed by atoms with Gasteiger partial charge < -0.3 is 24.9 Å². The molecule has 1 fully saturated rings. The first kappa shape index (κ1) is 31.9. The Morgan fingerprint density at radius 2 is 2.05 bits per heavy atom. The van der Waals surface area contributed by atoms with E-state index in [2.05, 4.69) is 9.97 Å². The number of carbonyl (C=O) groups excluding carboxylic acids is 1. The summed E-state index contributed by atoms with van der Waals surface area (Å²) < 4.78 is 43.6. The van der Waals surface area contributed by atoms with Crippen LogP contribution in [0.2, 0.25) is 5.02 Å². The highest BCUT2D eigenvalue weighted by Crippen LogP contribution is 2.41. The fraction of sp³-hybridized carbons (Fsp3) is 0.519. The summed E-state index contributed by atoms with van der Waals surface area (Å²) in [6.07, 6.45) is 1.60. The molecule has 2 aromatic heterocycles. The van der Waals surface area contributed by atoms with E-state index >= 15 is 0 Å². The number of benzene rings is 1. The van der Waals surface area contributed by atoms with Crippen LogP contribution in [-0.4, -0.2) is 77.0 Å². The molecule has 1 aliphatic rings. The number of esters is 1. The van der Waals surface area contributed by atoms with Crippen molar-refractivity contribution in [2.24, 2.45) is 5.73 Å². The van der Waals surface area contributed by atoms with Crippen LogP contribution in [0.15, 0.2) is 23.5 Å². The predicted octanol–water partition coefficient (Wildman–Crippen LogP) is 5.54. The van der Waals surface area contributed by atoms with Gasteiger partial charge in [0, 0.05) is 49.3 Å². The number of hydrogen-bond donors (Lipinski definition) is 2. The van der Waals surface area contributed by atoms with Crippen molar-refractivity contribution >= 4 is 40.4 Å². The largest absolute Gasteiger partial charge is 0.493 e. The van der Waals surface area contributed by atoms with Crippen molar-refractivity contribution in [3.05, 3.63) is 28.9 Å². The molecule has 3 N–H and O–H groups in total. The van der Waals surface area contributed by atoms with E-state index in [1.165, 1.54) is 7.11 Å². The number of carbonyl (C=O) groups is 1. The fourth-order valence-corrected chi connectivity index (χ4v) is 5.23.